The van der Waals surface area contributed by atoms with Gasteiger partial charge in [-0.1, -0.05) is 13.8 Å². The van der Waals surface area contributed by atoms with Crippen LogP contribution in [0.15, 0.2) is 24.3 Å². The Bertz CT molecular complexity index is 582. The molecule has 0 unspecified atom stereocenters. The van der Waals surface area contributed by atoms with Crippen molar-refractivity contribution in [3.05, 3.63) is 29.8 Å². The lowest BCUT2D eigenvalue weighted by molar-refractivity contribution is 0.0951. The Labute approximate surface area is 132 Å². The largest absolute Gasteiger partial charge is 0.497 e. The molecule has 0 bridgehead atoms. The third-order valence-electron chi connectivity index (χ3n) is 3.04. The van der Waals surface area contributed by atoms with Crippen LogP contribution in [0.2, 0.25) is 0 Å². The molecule has 0 aliphatic rings. The number of nitrogens with one attached hydrogen (secondary N) is 1. The number of methoxy groups -OCH3 is 1. The molecule has 0 atom stereocenters. The van der Waals surface area contributed by atoms with E-state index in [0.717, 1.165) is 0 Å². The van der Waals surface area contributed by atoms with Gasteiger partial charge in [0.25, 0.3) is 5.91 Å². The molecule has 0 heterocycles. The highest BCUT2D eigenvalue weighted by Gasteiger charge is 2.17. The monoisotopic (exact) mass is 328 g/mol. The second-order valence-corrected chi connectivity index (χ2v) is 7.48. The Morgan fingerprint density at radius 3 is 2.32 bits per heavy atom. The standard InChI is InChI=1S/C15H24N2O4S/c1-12(2)11-17(22(4,19)20)10-9-16-15(18)13-5-7-14(21-3)8-6-13/h5-8,12H,9-11H2,1-4H3,(H,16,18). The summed E-state index contributed by atoms with van der Waals surface area (Å²) in [5.41, 5.74) is 0.510. The minimum atomic E-state index is -3.27. The molecule has 1 aromatic rings. The minimum Gasteiger partial charge on any atom is -0.497 e. The van der Waals surface area contributed by atoms with E-state index in [1.807, 2.05) is 13.8 Å². The van der Waals surface area contributed by atoms with Crippen LogP contribution in [0.4, 0.5) is 0 Å². The van der Waals surface area contributed by atoms with Crippen LogP contribution in [0.1, 0.15) is 24.2 Å². The molecule has 1 amide bonds. The lowest BCUT2D eigenvalue weighted by atomic mass is 10.2. The third kappa shape index (κ3) is 6.03. The van der Waals surface area contributed by atoms with Crippen molar-refractivity contribution < 1.29 is 17.9 Å². The zero-order chi connectivity index (χ0) is 16.8. The van der Waals surface area contributed by atoms with Gasteiger partial charge in [-0.3, -0.25) is 4.79 Å². The number of rotatable bonds is 8. The van der Waals surface area contributed by atoms with E-state index in [1.165, 1.54) is 10.6 Å². The predicted molar refractivity (Wildman–Crippen MR) is 86.6 cm³/mol. The fourth-order valence-electron chi connectivity index (χ4n) is 1.94. The van der Waals surface area contributed by atoms with E-state index < -0.39 is 10.0 Å². The van der Waals surface area contributed by atoms with E-state index in [-0.39, 0.29) is 24.9 Å². The summed E-state index contributed by atoms with van der Waals surface area (Å²) in [5, 5.41) is 2.73. The summed E-state index contributed by atoms with van der Waals surface area (Å²) in [6, 6.07) is 6.74. The number of carbonyl (C=O) groups excluding carboxylic acids is 1. The average molecular weight is 328 g/mol. The SMILES string of the molecule is COc1ccc(C(=O)NCCN(CC(C)C)S(C)(=O)=O)cc1. The lowest BCUT2D eigenvalue weighted by Crippen LogP contribution is -2.39. The van der Waals surface area contributed by atoms with E-state index in [1.54, 1.807) is 31.4 Å². The summed E-state index contributed by atoms with van der Waals surface area (Å²) in [7, 11) is -1.71. The van der Waals surface area contributed by atoms with Crippen LogP contribution in [-0.4, -0.2) is 51.6 Å². The number of benzene rings is 1. The van der Waals surface area contributed by atoms with Crippen molar-refractivity contribution in [3.8, 4) is 5.75 Å². The van der Waals surface area contributed by atoms with Crippen molar-refractivity contribution in [2.75, 3.05) is 33.0 Å². The Morgan fingerprint density at radius 1 is 1.27 bits per heavy atom. The molecule has 1 rings (SSSR count). The van der Waals surface area contributed by atoms with Crippen LogP contribution >= 0.6 is 0 Å². The van der Waals surface area contributed by atoms with Crippen molar-refractivity contribution in [2.24, 2.45) is 5.92 Å². The molecule has 7 heteroatoms. The van der Waals surface area contributed by atoms with Crippen molar-refractivity contribution in [1.29, 1.82) is 0 Å². The van der Waals surface area contributed by atoms with Gasteiger partial charge in [-0.2, -0.15) is 0 Å². The van der Waals surface area contributed by atoms with Gasteiger partial charge in [-0.15, -0.1) is 0 Å². The molecular formula is C15H24N2O4S. The quantitative estimate of drug-likeness (QED) is 0.781. The van der Waals surface area contributed by atoms with E-state index >= 15 is 0 Å². The summed E-state index contributed by atoms with van der Waals surface area (Å²) in [6.07, 6.45) is 1.18. The summed E-state index contributed by atoms with van der Waals surface area (Å²) in [6.45, 7) is 4.88. The highest BCUT2D eigenvalue weighted by atomic mass is 32.2. The Hall–Kier alpha value is -1.60. The number of hydrogen-bond acceptors (Lipinski definition) is 4. The number of amides is 1. The van der Waals surface area contributed by atoms with Gasteiger partial charge in [-0.05, 0) is 30.2 Å². The first-order valence-electron chi connectivity index (χ1n) is 7.11. The highest BCUT2D eigenvalue weighted by molar-refractivity contribution is 7.88. The van der Waals surface area contributed by atoms with Gasteiger partial charge in [0, 0.05) is 25.2 Å². The van der Waals surface area contributed by atoms with Crippen LogP contribution in [0.25, 0.3) is 0 Å². The molecule has 0 fully saturated rings. The van der Waals surface area contributed by atoms with Crippen molar-refractivity contribution in [2.45, 2.75) is 13.8 Å². The molecule has 0 saturated carbocycles. The molecule has 0 aromatic heterocycles. The van der Waals surface area contributed by atoms with E-state index in [4.69, 9.17) is 4.74 Å². The van der Waals surface area contributed by atoms with Gasteiger partial charge >= 0.3 is 0 Å². The molecule has 1 N–H and O–H groups in total. The maximum Gasteiger partial charge on any atom is 0.251 e. The summed E-state index contributed by atoms with van der Waals surface area (Å²) in [4.78, 5) is 12.0. The van der Waals surface area contributed by atoms with Gasteiger partial charge in [0.05, 0.1) is 13.4 Å². The highest BCUT2D eigenvalue weighted by Crippen LogP contribution is 2.11. The number of carbonyl (C=O) groups is 1. The lowest BCUT2D eigenvalue weighted by Gasteiger charge is -2.22. The molecule has 0 saturated heterocycles. The smallest absolute Gasteiger partial charge is 0.251 e. The Kier molecular flexibility index (Phi) is 6.83. The molecule has 124 valence electrons. The minimum absolute atomic E-state index is 0.229. The zero-order valence-electron chi connectivity index (χ0n) is 13.5. The van der Waals surface area contributed by atoms with Crippen LogP contribution in [0.5, 0.6) is 5.75 Å². The van der Waals surface area contributed by atoms with Crippen molar-refractivity contribution in [1.82, 2.24) is 9.62 Å². The Balaban J connectivity index is 2.55. The molecule has 6 nitrogen and oxygen atoms in total. The Morgan fingerprint density at radius 2 is 1.86 bits per heavy atom. The molecule has 0 radical (unpaired) electrons. The van der Waals surface area contributed by atoms with Crippen LogP contribution in [-0.2, 0) is 10.0 Å². The fraction of sp³-hybridized carbons (Fsp3) is 0.533. The maximum atomic E-state index is 12.0. The van der Waals surface area contributed by atoms with Gasteiger partial charge in [0.2, 0.25) is 10.0 Å². The molecule has 1 aromatic carbocycles. The molecular weight excluding hydrogens is 304 g/mol. The fourth-order valence-corrected chi connectivity index (χ4v) is 2.93. The molecule has 0 aliphatic heterocycles. The van der Waals surface area contributed by atoms with Crippen LogP contribution < -0.4 is 10.1 Å². The maximum absolute atomic E-state index is 12.0. The topological polar surface area (TPSA) is 75.7 Å². The van der Waals surface area contributed by atoms with Crippen LogP contribution in [0.3, 0.4) is 0 Å². The summed E-state index contributed by atoms with van der Waals surface area (Å²) >= 11 is 0. The van der Waals surface area contributed by atoms with E-state index in [9.17, 15) is 13.2 Å². The first-order chi connectivity index (χ1) is 10.2. The van der Waals surface area contributed by atoms with Gasteiger partial charge < -0.3 is 10.1 Å². The van der Waals surface area contributed by atoms with Gasteiger partial charge in [-0.25, -0.2) is 12.7 Å². The van der Waals surface area contributed by atoms with Gasteiger partial charge in [0.1, 0.15) is 5.75 Å². The molecule has 0 aliphatic carbocycles. The third-order valence-corrected chi connectivity index (χ3v) is 4.31. The number of nitrogens with zero attached hydrogens (tertiary/aromatic N) is 1. The first-order valence-corrected chi connectivity index (χ1v) is 8.96. The van der Waals surface area contributed by atoms with Gasteiger partial charge in [0.15, 0.2) is 0 Å². The normalized spacial score (nSPS) is 11.7. The summed E-state index contributed by atoms with van der Waals surface area (Å²) < 4.78 is 29.8. The second-order valence-electron chi connectivity index (χ2n) is 5.50. The van der Waals surface area contributed by atoms with E-state index in [2.05, 4.69) is 5.32 Å². The number of sulfonamides is 1. The number of hydrogen-bond donors (Lipinski definition) is 1. The zero-order valence-corrected chi connectivity index (χ0v) is 14.3. The number of ether oxygens (including phenoxy) is 1. The molecule has 0 spiro atoms. The van der Waals surface area contributed by atoms with Crippen LogP contribution in [0, 0.1) is 5.92 Å². The van der Waals surface area contributed by atoms with Crippen molar-refractivity contribution in [3.63, 3.8) is 0 Å². The van der Waals surface area contributed by atoms with E-state index in [0.29, 0.717) is 17.9 Å². The second kappa shape index (κ2) is 8.14. The molecule has 22 heavy (non-hydrogen) atoms. The summed E-state index contributed by atoms with van der Waals surface area (Å²) in [5.74, 6) is 0.671. The first kappa shape index (κ1) is 18.4. The predicted octanol–water partition coefficient (Wildman–Crippen LogP) is 1.34. The van der Waals surface area contributed by atoms with Crippen molar-refractivity contribution >= 4 is 15.9 Å². The average Bonchev–Trinajstić information content (AvgIpc) is 2.44.